The molecule has 1 N–H and O–H groups in total. The van der Waals surface area contributed by atoms with Crippen LogP contribution in [0, 0.1) is 12.7 Å². The monoisotopic (exact) mass is 382 g/mol. The Morgan fingerprint density at radius 3 is 2.32 bits per heavy atom. The first-order valence-electron chi connectivity index (χ1n) is 8.91. The van der Waals surface area contributed by atoms with Crippen LogP contribution < -0.4 is 15.1 Å². The van der Waals surface area contributed by atoms with Crippen LogP contribution in [0.4, 0.5) is 21.8 Å². The molecule has 0 spiro atoms. The van der Waals surface area contributed by atoms with Gasteiger partial charge in [-0.25, -0.2) is 14.4 Å². The van der Waals surface area contributed by atoms with E-state index >= 15 is 0 Å². The lowest BCUT2D eigenvalue weighted by Gasteiger charge is -2.36. The van der Waals surface area contributed by atoms with Crippen LogP contribution in [0.25, 0.3) is 0 Å². The number of amides is 1. The number of nitrogens with zero attached hydrogens (tertiary/aromatic N) is 5. The summed E-state index contributed by atoms with van der Waals surface area (Å²) in [5.74, 6) is 0.956. The lowest BCUT2D eigenvalue weighted by molar-refractivity contribution is 0.102. The molecule has 4 rings (SSSR count). The first kappa shape index (κ1) is 17.9. The largest absolute Gasteiger partial charge is 0.368 e. The van der Waals surface area contributed by atoms with Crippen molar-refractivity contribution in [2.75, 3.05) is 41.3 Å². The molecule has 0 bridgehead atoms. The van der Waals surface area contributed by atoms with Gasteiger partial charge in [-0.15, -0.1) is 0 Å². The number of benzene rings is 1. The second-order valence-electron chi connectivity index (χ2n) is 6.50. The van der Waals surface area contributed by atoms with Crippen molar-refractivity contribution in [3.05, 3.63) is 59.9 Å². The Morgan fingerprint density at radius 2 is 1.71 bits per heavy atom. The van der Waals surface area contributed by atoms with E-state index in [0.29, 0.717) is 23.1 Å². The van der Waals surface area contributed by atoms with Crippen LogP contribution in [0.15, 0.2) is 47.2 Å². The van der Waals surface area contributed by atoms with Crippen molar-refractivity contribution in [3.8, 4) is 0 Å². The van der Waals surface area contributed by atoms with Crippen LogP contribution in [0.3, 0.4) is 0 Å². The average molecular weight is 382 g/mol. The van der Waals surface area contributed by atoms with Crippen molar-refractivity contribution in [2.24, 2.45) is 0 Å². The number of nitrogens with one attached hydrogen (secondary N) is 1. The lowest BCUT2D eigenvalue weighted by atomic mass is 10.2. The maximum Gasteiger partial charge on any atom is 0.260 e. The number of carbonyl (C=O) groups excluding carboxylic acids is 1. The molecule has 3 heterocycles. The van der Waals surface area contributed by atoms with Gasteiger partial charge in [0.1, 0.15) is 11.6 Å². The molecule has 144 valence electrons. The minimum Gasteiger partial charge on any atom is -0.368 e. The summed E-state index contributed by atoms with van der Waals surface area (Å²) >= 11 is 0. The van der Waals surface area contributed by atoms with Crippen LogP contribution in [0.2, 0.25) is 0 Å². The molecule has 0 aliphatic carbocycles. The maximum atomic E-state index is 13.1. The predicted molar refractivity (Wildman–Crippen MR) is 102 cm³/mol. The molecule has 28 heavy (non-hydrogen) atoms. The van der Waals surface area contributed by atoms with Crippen LogP contribution in [-0.2, 0) is 0 Å². The van der Waals surface area contributed by atoms with Crippen LogP contribution in [0.1, 0.15) is 16.1 Å². The van der Waals surface area contributed by atoms with Crippen molar-refractivity contribution in [3.63, 3.8) is 0 Å². The number of rotatable bonds is 4. The number of aryl methyl sites for hydroxylation is 1. The van der Waals surface area contributed by atoms with Crippen LogP contribution >= 0.6 is 0 Å². The Bertz CT molecular complexity index is 949. The van der Waals surface area contributed by atoms with Crippen molar-refractivity contribution >= 4 is 23.4 Å². The maximum absolute atomic E-state index is 13.1. The third-order valence-corrected chi connectivity index (χ3v) is 4.52. The van der Waals surface area contributed by atoms with Gasteiger partial charge in [0.2, 0.25) is 5.95 Å². The second-order valence-corrected chi connectivity index (χ2v) is 6.50. The standard InChI is InChI=1S/C19H19FN6O2/c1-13-10-17(24-28-13)23-18(27)14-11-21-19(22-12-14)26-8-6-25(7-9-26)16-4-2-15(20)3-5-16/h2-5,10-12H,6-9H2,1H3,(H,23,24,27). The number of anilines is 3. The Labute approximate surface area is 161 Å². The van der Waals surface area contributed by atoms with E-state index in [9.17, 15) is 9.18 Å². The molecule has 0 unspecified atom stereocenters. The molecular formula is C19H19FN6O2. The first-order chi connectivity index (χ1) is 13.6. The average Bonchev–Trinajstić information content (AvgIpc) is 3.13. The van der Waals surface area contributed by atoms with E-state index in [1.165, 1.54) is 24.5 Å². The van der Waals surface area contributed by atoms with Crippen LogP contribution in [0.5, 0.6) is 0 Å². The molecule has 8 nitrogen and oxygen atoms in total. The topological polar surface area (TPSA) is 87.4 Å². The van der Waals surface area contributed by atoms with Gasteiger partial charge in [-0.3, -0.25) is 4.79 Å². The van der Waals surface area contributed by atoms with Crippen molar-refractivity contribution < 1.29 is 13.7 Å². The fraction of sp³-hybridized carbons (Fsp3) is 0.263. The molecule has 0 radical (unpaired) electrons. The van der Waals surface area contributed by atoms with Crippen molar-refractivity contribution in [1.82, 2.24) is 15.1 Å². The highest BCUT2D eigenvalue weighted by Crippen LogP contribution is 2.19. The quantitative estimate of drug-likeness (QED) is 0.742. The number of halogens is 1. The summed E-state index contributed by atoms with van der Waals surface area (Å²) in [6.07, 6.45) is 2.99. The molecule has 2 aromatic heterocycles. The van der Waals surface area contributed by atoms with E-state index in [4.69, 9.17) is 4.52 Å². The van der Waals surface area contributed by atoms with Gasteiger partial charge in [-0.05, 0) is 31.2 Å². The van der Waals surface area contributed by atoms with Gasteiger partial charge in [0, 0.05) is 50.3 Å². The van der Waals surface area contributed by atoms with E-state index in [1.807, 2.05) is 0 Å². The molecule has 1 aliphatic heterocycles. The van der Waals surface area contributed by atoms with Gasteiger partial charge in [-0.1, -0.05) is 5.16 Å². The SMILES string of the molecule is Cc1cc(NC(=O)c2cnc(N3CCN(c4ccc(F)cc4)CC3)nc2)no1. The highest BCUT2D eigenvalue weighted by molar-refractivity contribution is 6.03. The number of carbonyl (C=O) groups is 1. The molecule has 1 amide bonds. The lowest BCUT2D eigenvalue weighted by Crippen LogP contribution is -2.47. The molecule has 3 aromatic rings. The van der Waals surface area contributed by atoms with E-state index in [1.54, 1.807) is 25.1 Å². The second kappa shape index (κ2) is 7.63. The minimum absolute atomic E-state index is 0.237. The highest BCUT2D eigenvalue weighted by atomic mass is 19.1. The number of hydrogen-bond acceptors (Lipinski definition) is 7. The van der Waals surface area contributed by atoms with Gasteiger partial charge in [0.15, 0.2) is 5.82 Å². The summed E-state index contributed by atoms with van der Waals surface area (Å²) in [5, 5.41) is 6.36. The third-order valence-electron chi connectivity index (χ3n) is 4.52. The summed E-state index contributed by atoms with van der Waals surface area (Å²) in [6, 6.07) is 8.13. The summed E-state index contributed by atoms with van der Waals surface area (Å²) in [5.41, 5.74) is 1.34. The highest BCUT2D eigenvalue weighted by Gasteiger charge is 2.20. The first-order valence-corrected chi connectivity index (χ1v) is 8.91. The van der Waals surface area contributed by atoms with Gasteiger partial charge in [0.05, 0.1) is 5.56 Å². The van der Waals surface area contributed by atoms with E-state index < -0.39 is 0 Å². The molecule has 1 saturated heterocycles. The summed E-state index contributed by atoms with van der Waals surface area (Å²) in [4.78, 5) is 25.1. The van der Waals surface area contributed by atoms with Gasteiger partial charge >= 0.3 is 0 Å². The predicted octanol–water partition coefficient (Wildman–Crippen LogP) is 2.49. The molecule has 0 saturated carbocycles. The Morgan fingerprint density at radius 1 is 1.07 bits per heavy atom. The Kier molecular flexibility index (Phi) is 4.88. The summed E-state index contributed by atoms with van der Waals surface area (Å²) < 4.78 is 18.0. The van der Waals surface area contributed by atoms with Crippen LogP contribution in [-0.4, -0.2) is 47.2 Å². The van der Waals surface area contributed by atoms with E-state index in [0.717, 1.165) is 31.9 Å². The molecular weight excluding hydrogens is 363 g/mol. The van der Waals surface area contributed by atoms with Gasteiger partial charge < -0.3 is 19.6 Å². The van der Waals surface area contributed by atoms with Crippen molar-refractivity contribution in [1.29, 1.82) is 0 Å². The smallest absolute Gasteiger partial charge is 0.260 e. The minimum atomic E-state index is -0.346. The third kappa shape index (κ3) is 3.93. The zero-order valence-electron chi connectivity index (χ0n) is 15.3. The fourth-order valence-corrected chi connectivity index (χ4v) is 3.03. The number of hydrogen-bond donors (Lipinski definition) is 1. The number of piperazine rings is 1. The Balaban J connectivity index is 1.35. The summed E-state index contributed by atoms with van der Waals surface area (Å²) in [6.45, 7) is 4.78. The molecule has 0 atom stereocenters. The van der Waals surface area contributed by atoms with E-state index in [2.05, 4.69) is 30.2 Å². The molecule has 9 heteroatoms. The van der Waals surface area contributed by atoms with Gasteiger partial charge in [0.25, 0.3) is 5.91 Å². The van der Waals surface area contributed by atoms with Crippen molar-refractivity contribution in [2.45, 2.75) is 6.92 Å². The molecule has 1 aromatic carbocycles. The zero-order chi connectivity index (χ0) is 19.5. The normalized spacial score (nSPS) is 14.2. The molecule has 1 aliphatic rings. The zero-order valence-corrected chi connectivity index (χ0v) is 15.3. The summed E-state index contributed by atoms with van der Waals surface area (Å²) in [7, 11) is 0. The van der Waals surface area contributed by atoms with Gasteiger partial charge in [-0.2, -0.15) is 0 Å². The van der Waals surface area contributed by atoms with E-state index in [-0.39, 0.29) is 11.7 Å². The molecule has 1 fully saturated rings. The number of aromatic nitrogens is 3. The fourth-order valence-electron chi connectivity index (χ4n) is 3.03. The Hall–Kier alpha value is -3.49.